The van der Waals surface area contributed by atoms with Crippen molar-refractivity contribution in [2.45, 2.75) is 40.8 Å². The number of carbonyl (C=O) groups excluding carboxylic acids is 1. The second kappa shape index (κ2) is 9.53. The van der Waals surface area contributed by atoms with Gasteiger partial charge in [-0.25, -0.2) is 4.98 Å². The van der Waals surface area contributed by atoms with Gasteiger partial charge in [0.1, 0.15) is 10.8 Å². The van der Waals surface area contributed by atoms with Gasteiger partial charge in [-0.2, -0.15) is 0 Å². The quantitative estimate of drug-likeness (QED) is 0.745. The fourth-order valence-electron chi connectivity index (χ4n) is 2.36. The number of carbonyl (C=O) groups is 1. The van der Waals surface area contributed by atoms with Crippen molar-refractivity contribution in [3.05, 3.63) is 45.4 Å². The molecule has 0 aliphatic carbocycles. The molecule has 5 nitrogen and oxygen atoms in total. The minimum Gasteiger partial charge on any atom is -0.484 e. The van der Waals surface area contributed by atoms with E-state index in [1.54, 1.807) is 11.3 Å². The van der Waals surface area contributed by atoms with Crippen molar-refractivity contribution in [2.24, 2.45) is 0 Å². The van der Waals surface area contributed by atoms with Crippen LogP contribution in [0.25, 0.3) is 0 Å². The third kappa shape index (κ3) is 6.14. The molecule has 0 aliphatic heterocycles. The first-order valence-corrected chi connectivity index (χ1v) is 9.52. The van der Waals surface area contributed by atoms with E-state index in [-0.39, 0.29) is 12.5 Å². The lowest BCUT2D eigenvalue weighted by molar-refractivity contribution is -0.123. The molecule has 0 atom stereocenters. The van der Waals surface area contributed by atoms with Gasteiger partial charge in [-0.3, -0.25) is 9.69 Å². The molecular weight excluding hydrogens is 334 g/mol. The highest BCUT2D eigenvalue weighted by Gasteiger charge is 2.08. The van der Waals surface area contributed by atoms with Gasteiger partial charge >= 0.3 is 0 Å². The molecule has 0 radical (unpaired) electrons. The summed E-state index contributed by atoms with van der Waals surface area (Å²) in [5.74, 6) is 0.577. The monoisotopic (exact) mass is 361 g/mol. The lowest BCUT2D eigenvalue weighted by Crippen LogP contribution is -2.28. The van der Waals surface area contributed by atoms with Crippen molar-refractivity contribution in [3.63, 3.8) is 0 Å². The summed E-state index contributed by atoms with van der Waals surface area (Å²) < 4.78 is 5.54. The molecule has 0 bridgehead atoms. The van der Waals surface area contributed by atoms with E-state index >= 15 is 0 Å². The average Bonchev–Trinajstić information content (AvgIpc) is 3.06. The number of aryl methyl sites for hydroxylation is 2. The number of nitrogens with zero attached hydrogens (tertiary/aromatic N) is 2. The minimum absolute atomic E-state index is 0.0141. The van der Waals surface area contributed by atoms with Gasteiger partial charge in [-0.15, -0.1) is 11.3 Å². The molecule has 0 aliphatic rings. The highest BCUT2D eigenvalue weighted by Crippen LogP contribution is 2.16. The molecule has 1 amide bonds. The molecule has 136 valence electrons. The minimum atomic E-state index is -0.140. The number of benzene rings is 1. The van der Waals surface area contributed by atoms with Gasteiger partial charge in [0.25, 0.3) is 5.91 Å². The highest BCUT2D eigenvalue weighted by molar-refractivity contribution is 7.09. The van der Waals surface area contributed by atoms with E-state index in [4.69, 9.17) is 4.74 Å². The summed E-state index contributed by atoms with van der Waals surface area (Å²) >= 11 is 1.58. The number of ether oxygens (including phenoxy) is 1. The molecule has 2 rings (SSSR count). The van der Waals surface area contributed by atoms with Crippen LogP contribution >= 0.6 is 11.3 Å². The van der Waals surface area contributed by atoms with Crippen LogP contribution in [0.4, 0.5) is 0 Å². The molecule has 0 fully saturated rings. The van der Waals surface area contributed by atoms with Crippen LogP contribution in [0, 0.1) is 13.8 Å². The van der Waals surface area contributed by atoms with Gasteiger partial charge < -0.3 is 10.1 Å². The number of amides is 1. The molecule has 0 unspecified atom stereocenters. The zero-order valence-electron chi connectivity index (χ0n) is 15.5. The fourth-order valence-corrected chi connectivity index (χ4v) is 3.08. The number of hydrogen-bond donors (Lipinski definition) is 1. The zero-order chi connectivity index (χ0) is 18.2. The average molecular weight is 362 g/mol. The van der Waals surface area contributed by atoms with Crippen LogP contribution in [0.3, 0.4) is 0 Å². The summed E-state index contributed by atoms with van der Waals surface area (Å²) in [6, 6.07) is 5.83. The Labute approximate surface area is 154 Å². The van der Waals surface area contributed by atoms with Crippen molar-refractivity contribution in [3.8, 4) is 5.75 Å². The Morgan fingerprint density at radius 3 is 2.68 bits per heavy atom. The summed E-state index contributed by atoms with van der Waals surface area (Å²) in [6.07, 6.45) is 0. The van der Waals surface area contributed by atoms with Crippen LogP contribution in [0.1, 0.15) is 35.7 Å². The maximum Gasteiger partial charge on any atom is 0.258 e. The molecule has 1 heterocycles. The number of rotatable bonds is 9. The van der Waals surface area contributed by atoms with Gasteiger partial charge in [-0.05, 0) is 50.2 Å². The van der Waals surface area contributed by atoms with E-state index < -0.39 is 0 Å². The van der Waals surface area contributed by atoms with E-state index in [1.807, 2.05) is 32.0 Å². The van der Waals surface area contributed by atoms with E-state index in [0.717, 1.165) is 35.9 Å². The number of aromatic nitrogens is 1. The van der Waals surface area contributed by atoms with Crippen molar-refractivity contribution in [1.29, 1.82) is 0 Å². The molecule has 6 heteroatoms. The first-order chi connectivity index (χ1) is 12.0. The second-order valence-electron chi connectivity index (χ2n) is 6.01. The van der Waals surface area contributed by atoms with E-state index in [9.17, 15) is 4.79 Å². The standard InChI is InChI=1S/C19H27N3O2S/c1-5-22(6-2)11-16-13-25-19(21-16)10-20-18(23)12-24-17-8-7-14(3)15(4)9-17/h7-9,13H,5-6,10-12H2,1-4H3,(H,20,23). The van der Waals surface area contributed by atoms with E-state index in [1.165, 1.54) is 5.56 Å². The predicted octanol–water partition coefficient (Wildman–Crippen LogP) is 3.30. The predicted molar refractivity (Wildman–Crippen MR) is 102 cm³/mol. The lowest BCUT2D eigenvalue weighted by Gasteiger charge is -2.15. The van der Waals surface area contributed by atoms with Gasteiger partial charge in [0.15, 0.2) is 6.61 Å². The molecule has 0 spiro atoms. The van der Waals surface area contributed by atoms with Crippen LogP contribution in [0.15, 0.2) is 23.6 Å². The van der Waals surface area contributed by atoms with Gasteiger partial charge in [0.2, 0.25) is 0 Å². The first kappa shape index (κ1) is 19.4. The van der Waals surface area contributed by atoms with Crippen LogP contribution in [0.2, 0.25) is 0 Å². The highest BCUT2D eigenvalue weighted by atomic mass is 32.1. The Balaban J connectivity index is 1.76. The van der Waals surface area contributed by atoms with E-state index in [2.05, 4.69) is 34.4 Å². The summed E-state index contributed by atoms with van der Waals surface area (Å²) in [4.78, 5) is 18.8. The fraction of sp³-hybridized carbons (Fsp3) is 0.474. The van der Waals surface area contributed by atoms with Gasteiger partial charge in [-0.1, -0.05) is 19.9 Å². The molecule has 0 saturated carbocycles. The molecule has 2 aromatic rings. The van der Waals surface area contributed by atoms with Gasteiger partial charge in [0.05, 0.1) is 12.2 Å². The van der Waals surface area contributed by atoms with Crippen molar-refractivity contribution < 1.29 is 9.53 Å². The Bertz CT molecular complexity index is 696. The maximum absolute atomic E-state index is 12.0. The Morgan fingerprint density at radius 2 is 2.00 bits per heavy atom. The SMILES string of the molecule is CCN(CC)Cc1csc(CNC(=O)COc2ccc(C)c(C)c2)n1. The number of thiazole rings is 1. The van der Waals surface area contributed by atoms with Crippen molar-refractivity contribution in [2.75, 3.05) is 19.7 Å². The summed E-state index contributed by atoms with van der Waals surface area (Å²) in [6.45, 7) is 11.7. The Kier molecular flexibility index (Phi) is 7.40. The third-order valence-electron chi connectivity index (χ3n) is 4.16. The van der Waals surface area contributed by atoms with Crippen LogP contribution in [-0.2, 0) is 17.9 Å². The van der Waals surface area contributed by atoms with Crippen LogP contribution in [0.5, 0.6) is 5.75 Å². The summed E-state index contributed by atoms with van der Waals surface area (Å²) in [5, 5.41) is 5.84. The summed E-state index contributed by atoms with van der Waals surface area (Å²) in [7, 11) is 0. The molecule has 1 aromatic carbocycles. The normalized spacial score (nSPS) is 10.9. The molecule has 1 N–H and O–H groups in total. The molecule has 0 saturated heterocycles. The van der Waals surface area contributed by atoms with Crippen LogP contribution in [-0.4, -0.2) is 35.5 Å². The topological polar surface area (TPSA) is 54.5 Å². The van der Waals surface area contributed by atoms with Crippen LogP contribution < -0.4 is 10.1 Å². The van der Waals surface area contributed by atoms with E-state index in [0.29, 0.717) is 12.3 Å². The second-order valence-corrected chi connectivity index (χ2v) is 6.95. The largest absolute Gasteiger partial charge is 0.484 e. The lowest BCUT2D eigenvalue weighted by atomic mass is 10.1. The Morgan fingerprint density at radius 1 is 1.24 bits per heavy atom. The Hall–Kier alpha value is -1.92. The maximum atomic E-state index is 12.0. The van der Waals surface area contributed by atoms with Crippen molar-refractivity contribution in [1.82, 2.24) is 15.2 Å². The molecule has 25 heavy (non-hydrogen) atoms. The van der Waals surface area contributed by atoms with Gasteiger partial charge in [0, 0.05) is 11.9 Å². The molecule has 1 aromatic heterocycles. The zero-order valence-corrected chi connectivity index (χ0v) is 16.3. The first-order valence-electron chi connectivity index (χ1n) is 8.64. The smallest absolute Gasteiger partial charge is 0.258 e. The third-order valence-corrected chi connectivity index (χ3v) is 5.06. The number of hydrogen-bond acceptors (Lipinski definition) is 5. The number of nitrogens with one attached hydrogen (secondary N) is 1. The summed E-state index contributed by atoms with van der Waals surface area (Å²) in [5.41, 5.74) is 3.42. The van der Waals surface area contributed by atoms with Crippen molar-refractivity contribution >= 4 is 17.2 Å². The molecular formula is C19H27N3O2S.